The van der Waals surface area contributed by atoms with E-state index >= 15 is 0 Å². The zero-order chi connectivity index (χ0) is 89.4. The Morgan fingerprint density at radius 3 is 0.817 bits per heavy atom. The second-order valence-corrected chi connectivity index (χ2v) is 38.4. The molecule has 0 radical (unpaired) electrons. The van der Waals surface area contributed by atoms with Crippen LogP contribution in [0, 0.1) is 17.3 Å². The molecular formula is C114H184O6. The predicted molar refractivity (Wildman–Crippen MR) is 526 cm³/mol. The highest BCUT2D eigenvalue weighted by molar-refractivity contribution is 5.30. The van der Waals surface area contributed by atoms with E-state index in [0.717, 1.165) is 115 Å². The Morgan fingerprint density at radius 1 is 0.275 bits per heavy atom. The molecule has 0 saturated carbocycles. The Hall–Kier alpha value is -5.70. The highest BCUT2D eigenvalue weighted by Gasteiger charge is 2.30. The van der Waals surface area contributed by atoms with Gasteiger partial charge in [0, 0.05) is 14.2 Å². The Labute approximate surface area is 740 Å². The van der Waals surface area contributed by atoms with Crippen molar-refractivity contribution in [1.29, 1.82) is 0 Å². The van der Waals surface area contributed by atoms with Gasteiger partial charge in [0.25, 0.3) is 0 Å². The summed E-state index contributed by atoms with van der Waals surface area (Å²) in [6, 6.07) is 63.6. The zero-order valence-corrected chi connectivity index (χ0v) is 81.8. The van der Waals surface area contributed by atoms with Crippen molar-refractivity contribution in [1.82, 2.24) is 0 Å². The zero-order valence-electron chi connectivity index (χ0n) is 81.8. The molecule has 0 fully saturated rings. The number of aliphatic hydroxyl groups is 4. The number of ether oxygens (including phenoxy) is 2. The summed E-state index contributed by atoms with van der Waals surface area (Å²) >= 11 is 0. The third kappa shape index (κ3) is 48.5. The maximum atomic E-state index is 10.7. The smallest absolute Gasteiger partial charge is 0.0871 e. The van der Waals surface area contributed by atoms with Crippen LogP contribution in [-0.2, 0) is 92.1 Å². The van der Waals surface area contributed by atoms with E-state index in [-0.39, 0.29) is 11.2 Å². The van der Waals surface area contributed by atoms with Crippen molar-refractivity contribution in [2.45, 2.75) is 436 Å². The average Bonchev–Trinajstić information content (AvgIpc) is 0.837. The molecule has 0 heterocycles. The average molecular weight is 1650 g/mol. The summed E-state index contributed by atoms with van der Waals surface area (Å²) in [5, 5.41) is 41.5. The SMILES string of the molecule is CCCC(CCC)(CCc1cccc(CC(C)(C)CC)c1)OC.CCCCc1cccc(CCC(C)(O)C(C)C)c1.CCCCc1cccc(CCC(C)(O)CC(C)C)c1.CCCCc1cccc(CCC(C)(O)CCC)c1.CCCCc1cccc(CCC(C)(O)c2ccccc2)c1.CCCCc1cccc(CCC(CCC)(CCC)OC)c1. The molecule has 0 bridgehead atoms. The van der Waals surface area contributed by atoms with Gasteiger partial charge in [-0.15, -0.1) is 0 Å². The minimum Gasteiger partial charge on any atom is -0.390 e. The van der Waals surface area contributed by atoms with Crippen molar-refractivity contribution in [3.05, 3.63) is 248 Å². The van der Waals surface area contributed by atoms with Crippen LogP contribution in [-0.4, -0.2) is 62.7 Å². The molecular weight excluding hydrogens is 1470 g/mol. The van der Waals surface area contributed by atoms with Gasteiger partial charge in [0.1, 0.15) is 0 Å². The molecule has 0 aliphatic heterocycles. The van der Waals surface area contributed by atoms with Gasteiger partial charge >= 0.3 is 0 Å². The molecule has 7 aromatic rings. The number of hydrogen-bond acceptors (Lipinski definition) is 6. The third-order valence-corrected chi connectivity index (χ3v) is 25.1. The van der Waals surface area contributed by atoms with Crippen LogP contribution in [0.25, 0.3) is 0 Å². The van der Waals surface area contributed by atoms with Crippen LogP contribution >= 0.6 is 0 Å². The number of rotatable bonds is 52. The van der Waals surface area contributed by atoms with Gasteiger partial charge in [0.15, 0.2) is 0 Å². The molecule has 4 atom stereocenters. The second kappa shape index (κ2) is 61.6. The molecule has 0 spiro atoms. The van der Waals surface area contributed by atoms with Gasteiger partial charge in [0.2, 0.25) is 0 Å². The lowest BCUT2D eigenvalue weighted by Gasteiger charge is -2.32. The second-order valence-electron chi connectivity index (χ2n) is 38.4. The highest BCUT2D eigenvalue weighted by Crippen LogP contribution is 2.34. The van der Waals surface area contributed by atoms with Crippen molar-refractivity contribution in [2.75, 3.05) is 14.2 Å². The predicted octanol–water partition coefficient (Wildman–Crippen LogP) is 31.0. The lowest BCUT2D eigenvalue weighted by molar-refractivity contribution is -0.0321. The molecule has 676 valence electrons. The fourth-order valence-electron chi connectivity index (χ4n) is 16.6. The molecule has 6 heteroatoms. The molecule has 0 aliphatic carbocycles. The van der Waals surface area contributed by atoms with Crippen LogP contribution in [0.15, 0.2) is 176 Å². The maximum Gasteiger partial charge on any atom is 0.0871 e. The minimum atomic E-state index is -0.763. The van der Waals surface area contributed by atoms with Gasteiger partial charge in [0.05, 0.1) is 33.6 Å². The van der Waals surface area contributed by atoms with Crippen LogP contribution in [0.2, 0.25) is 0 Å². The van der Waals surface area contributed by atoms with Crippen molar-refractivity contribution in [3.63, 3.8) is 0 Å². The first-order valence-electron chi connectivity index (χ1n) is 48.7. The Bertz CT molecular complexity index is 3650. The van der Waals surface area contributed by atoms with E-state index in [1.54, 1.807) is 0 Å². The minimum absolute atomic E-state index is 0.0716. The van der Waals surface area contributed by atoms with E-state index in [9.17, 15) is 20.4 Å². The maximum absolute atomic E-state index is 10.7. The molecule has 4 N–H and O–H groups in total. The first-order chi connectivity index (χ1) is 57.2. The molecule has 0 saturated heterocycles. The van der Waals surface area contributed by atoms with Gasteiger partial charge < -0.3 is 29.9 Å². The Balaban J connectivity index is 0.000000489. The molecule has 0 amide bonds. The van der Waals surface area contributed by atoms with E-state index in [1.807, 2.05) is 72.2 Å². The van der Waals surface area contributed by atoms with Gasteiger partial charge in [-0.05, 0) is 303 Å². The lowest BCUT2D eigenvalue weighted by atomic mass is 9.82. The molecule has 0 aromatic heterocycles. The molecule has 7 rings (SSSR count). The number of benzene rings is 7. The number of unbranched alkanes of at least 4 members (excludes halogenated alkanes) is 5. The first kappa shape index (κ1) is 110. The standard InChI is InChI=1S/C22H38O.C20H26O.C20H34O.C18H30O.2C17H28O/c1-7-14-22(23-6,15-8-2)16-13-19-11-10-12-20(17-19)18-21(4,5)9-3;1-3-4-9-17-10-8-11-18(16-17)14-15-20(2,21)19-12-6-5-7-13-19;1-5-8-10-18-11-9-12-19(17-18)13-16-20(21-4,14-6-2)15-7-3;1-5-6-8-16-9-7-10-17(13-16)11-12-18(4,19)14-15(2)3;1-5-6-8-15-9-7-10-16(13-15)11-12-17(4,18)14(2)3;1-4-6-8-15-9-7-10-16(14-15)11-13-17(3,18)12-5-2/h10-12,17H,7-9,13-16,18H2,1-6H3;5-8,10-13,16,21H,3-4,9,14-15H2,1-2H3;9,11-12,17H,5-8,10,13-16H2,1-4H3;7,9-10,13,15,19H,5-6,8,11-12,14H2,1-4H3;7,9-10,13-14,18H,5-6,8,11-12H2,1-4H3;7,9-10,14,18H,4-6,8,11-13H2,1-3H3. The summed E-state index contributed by atoms with van der Waals surface area (Å²) in [6.07, 6.45) is 44.7. The molecule has 0 aliphatic rings. The van der Waals surface area contributed by atoms with Gasteiger partial charge in [-0.2, -0.15) is 0 Å². The quantitative estimate of drug-likeness (QED) is 0.0303. The lowest BCUT2D eigenvalue weighted by Crippen LogP contribution is -2.31. The van der Waals surface area contributed by atoms with Crippen molar-refractivity contribution in [3.8, 4) is 0 Å². The van der Waals surface area contributed by atoms with Crippen LogP contribution in [0.5, 0.6) is 0 Å². The third-order valence-electron chi connectivity index (χ3n) is 25.1. The summed E-state index contributed by atoms with van der Waals surface area (Å²) in [5.41, 5.74) is 16.2. The van der Waals surface area contributed by atoms with Crippen molar-refractivity contribution in [2.24, 2.45) is 17.3 Å². The van der Waals surface area contributed by atoms with E-state index in [1.165, 1.54) is 214 Å². The van der Waals surface area contributed by atoms with Gasteiger partial charge in [-0.25, -0.2) is 0 Å². The van der Waals surface area contributed by atoms with E-state index in [2.05, 4.69) is 263 Å². The van der Waals surface area contributed by atoms with Crippen molar-refractivity contribution >= 4 is 0 Å². The van der Waals surface area contributed by atoms with Gasteiger partial charge in [-0.1, -0.05) is 364 Å². The van der Waals surface area contributed by atoms with E-state index < -0.39 is 22.4 Å². The van der Waals surface area contributed by atoms with E-state index in [0.29, 0.717) is 17.3 Å². The number of methoxy groups -OCH3 is 2. The van der Waals surface area contributed by atoms with Gasteiger partial charge in [-0.3, -0.25) is 0 Å². The van der Waals surface area contributed by atoms with Crippen LogP contribution in [0.1, 0.15) is 398 Å². The topological polar surface area (TPSA) is 99.4 Å². The summed E-state index contributed by atoms with van der Waals surface area (Å²) in [4.78, 5) is 0. The van der Waals surface area contributed by atoms with Crippen LogP contribution in [0.3, 0.4) is 0 Å². The fourth-order valence-corrected chi connectivity index (χ4v) is 16.6. The summed E-state index contributed by atoms with van der Waals surface area (Å²) in [6.45, 7) is 45.6. The monoisotopic (exact) mass is 1650 g/mol. The highest BCUT2D eigenvalue weighted by atomic mass is 16.5. The van der Waals surface area contributed by atoms with E-state index in [4.69, 9.17) is 9.47 Å². The number of hydrogen-bond donors (Lipinski definition) is 4. The fraction of sp³-hybridized carbons (Fsp3) is 0.632. The molecule has 4 unspecified atom stereocenters. The summed E-state index contributed by atoms with van der Waals surface area (Å²) in [5.74, 6) is 0.853. The normalized spacial score (nSPS) is 13.6. The molecule has 120 heavy (non-hydrogen) atoms. The molecule has 6 nitrogen and oxygen atoms in total. The summed E-state index contributed by atoms with van der Waals surface area (Å²) in [7, 11) is 3.79. The Morgan fingerprint density at radius 2 is 0.542 bits per heavy atom. The molecule has 7 aromatic carbocycles. The van der Waals surface area contributed by atoms with Crippen LogP contribution < -0.4 is 0 Å². The van der Waals surface area contributed by atoms with Crippen molar-refractivity contribution < 1.29 is 29.9 Å². The summed E-state index contributed by atoms with van der Waals surface area (Å²) < 4.78 is 11.9. The Kier molecular flexibility index (Phi) is 56.7. The largest absolute Gasteiger partial charge is 0.390 e. The first-order valence-corrected chi connectivity index (χ1v) is 48.7. The van der Waals surface area contributed by atoms with Crippen LogP contribution in [0.4, 0.5) is 0 Å². The number of aryl methyl sites for hydroxylation is 11.